The summed E-state index contributed by atoms with van der Waals surface area (Å²) in [6, 6.07) is 2.09. The molecule has 1 unspecified atom stereocenters. The van der Waals surface area contributed by atoms with Gasteiger partial charge in [0.05, 0.1) is 16.9 Å². The molecule has 1 rings (SSSR count). The highest BCUT2D eigenvalue weighted by Crippen LogP contribution is 2.20. The third-order valence-corrected chi connectivity index (χ3v) is 1.96. The van der Waals surface area contributed by atoms with Crippen LogP contribution in [-0.2, 0) is 5.54 Å². The second kappa shape index (κ2) is 3.14. The molecule has 0 aliphatic heterocycles. The van der Waals surface area contributed by atoms with Crippen molar-refractivity contribution in [1.82, 2.24) is 9.78 Å². The van der Waals surface area contributed by atoms with E-state index < -0.39 is 0 Å². The Labute approximate surface area is 79.9 Å². The van der Waals surface area contributed by atoms with E-state index in [9.17, 15) is 0 Å². The summed E-state index contributed by atoms with van der Waals surface area (Å²) < 4.78 is 2.01. The van der Waals surface area contributed by atoms with E-state index >= 15 is 0 Å². The van der Waals surface area contributed by atoms with Crippen LogP contribution in [-0.4, -0.2) is 9.78 Å². The third kappa shape index (κ3) is 2.10. The van der Waals surface area contributed by atoms with Crippen LogP contribution in [0.3, 0.4) is 0 Å². The molecule has 1 aromatic rings. The molecular formula is C10H19N3. The molecule has 0 radical (unpaired) electrons. The molecule has 1 atom stereocenters. The summed E-state index contributed by atoms with van der Waals surface area (Å²) in [4.78, 5) is 0. The van der Waals surface area contributed by atoms with Crippen molar-refractivity contribution in [1.29, 1.82) is 0 Å². The smallest absolute Gasteiger partial charge is 0.0597 e. The summed E-state index contributed by atoms with van der Waals surface area (Å²) in [6.45, 7) is 10.4. The van der Waals surface area contributed by atoms with Crippen molar-refractivity contribution in [3.05, 3.63) is 17.5 Å². The molecule has 0 bridgehead atoms. The summed E-state index contributed by atoms with van der Waals surface area (Å²) in [5, 5.41) is 4.44. The predicted molar refractivity (Wildman–Crippen MR) is 54.6 cm³/mol. The molecule has 1 heterocycles. The summed E-state index contributed by atoms with van der Waals surface area (Å²) in [5.41, 5.74) is 8.01. The Morgan fingerprint density at radius 1 is 1.46 bits per heavy atom. The maximum absolute atomic E-state index is 5.86. The van der Waals surface area contributed by atoms with Crippen molar-refractivity contribution in [2.75, 3.05) is 0 Å². The Morgan fingerprint density at radius 2 is 2.00 bits per heavy atom. The van der Waals surface area contributed by atoms with Crippen molar-refractivity contribution < 1.29 is 0 Å². The molecule has 0 saturated carbocycles. The number of nitrogens with zero attached hydrogens (tertiary/aromatic N) is 2. The van der Waals surface area contributed by atoms with Gasteiger partial charge in [-0.1, -0.05) is 0 Å². The Morgan fingerprint density at radius 3 is 2.31 bits per heavy atom. The Hall–Kier alpha value is -0.830. The Bertz CT molecular complexity index is 292. The minimum atomic E-state index is 0.0111. The van der Waals surface area contributed by atoms with Gasteiger partial charge in [0, 0.05) is 6.04 Å². The summed E-state index contributed by atoms with van der Waals surface area (Å²) >= 11 is 0. The first kappa shape index (κ1) is 10.3. The van der Waals surface area contributed by atoms with Crippen LogP contribution in [0.1, 0.15) is 45.1 Å². The van der Waals surface area contributed by atoms with Crippen LogP contribution in [0, 0.1) is 6.92 Å². The lowest BCUT2D eigenvalue weighted by atomic mass is 10.1. The van der Waals surface area contributed by atoms with Gasteiger partial charge in [0.15, 0.2) is 0 Å². The van der Waals surface area contributed by atoms with E-state index in [-0.39, 0.29) is 11.6 Å². The van der Waals surface area contributed by atoms with E-state index in [4.69, 9.17) is 5.73 Å². The second-order valence-electron chi connectivity index (χ2n) is 4.58. The molecule has 0 saturated heterocycles. The van der Waals surface area contributed by atoms with E-state index in [1.165, 1.54) is 0 Å². The van der Waals surface area contributed by atoms with Gasteiger partial charge < -0.3 is 5.73 Å². The van der Waals surface area contributed by atoms with Crippen LogP contribution in [0.4, 0.5) is 0 Å². The zero-order chi connectivity index (χ0) is 10.2. The molecule has 0 spiro atoms. The highest BCUT2D eigenvalue weighted by molar-refractivity contribution is 5.13. The quantitative estimate of drug-likeness (QED) is 0.719. The average molecular weight is 181 g/mol. The van der Waals surface area contributed by atoms with Crippen molar-refractivity contribution >= 4 is 0 Å². The fourth-order valence-corrected chi connectivity index (χ4v) is 1.38. The zero-order valence-corrected chi connectivity index (χ0v) is 9.13. The fourth-order valence-electron chi connectivity index (χ4n) is 1.38. The van der Waals surface area contributed by atoms with Crippen LogP contribution in [0.2, 0.25) is 0 Å². The molecular weight excluding hydrogens is 162 g/mol. The van der Waals surface area contributed by atoms with Crippen LogP contribution >= 0.6 is 0 Å². The highest BCUT2D eigenvalue weighted by Gasteiger charge is 2.19. The highest BCUT2D eigenvalue weighted by atomic mass is 15.3. The van der Waals surface area contributed by atoms with E-state index in [2.05, 4.69) is 31.9 Å². The summed E-state index contributed by atoms with van der Waals surface area (Å²) in [6.07, 6.45) is 0. The van der Waals surface area contributed by atoms with Crippen LogP contribution in [0.15, 0.2) is 6.07 Å². The third-order valence-electron chi connectivity index (χ3n) is 1.96. The second-order valence-corrected chi connectivity index (χ2v) is 4.58. The average Bonchev–Trinajstić information content (AvgIpc) is 2.29. The molecule has 3 heteroatoms. The number of rotatable bonds is 1. The minimum absolute atomic E-state index is 0.0111. The van der Waals surface area contributed by atoms with Crippen molar-refractivity contribution in [2.45, 2.75) is 46.2 Å². The van der Waals surface area contributed by atoms with E-state index in [1.54, 1.807) is 0 Å². The lowest BCUT2D eigenvalue weighted by Crippen LogP contribution is -2.27. The molecule has 2 N–H and O–H groups in total. The van der Waals surface area contributed by atoms with Gasteiger partial charge in [0.25, 0.3) is 0 Å². The van der Waals surface area contributed by atoms with Gasteiger partial charge in [-0.05, 0) is 40.7 Å². The van der Waals surface area contributed by atoms with Crippen LogP contribution < -0.4 is 5.73 Å². The molecule has 1 aromatic heterocycles. The van der Waals surface area contributed by atoms with Gasteiger partial charge in [-0.2, -0.15) is 5.10 Å². The number of nitrogens with two attached hydrogens (primary N) is 1. The minimum Gasteiger partial charge on any atom is -0.323 e. The molecule has 0 aliphatic rings. The first-order valence-corrected chi connectivity index (χ1v) is 4.65. The van der Waals surface area contributed by atoms with Crippen molar-refractivity contribution in [3.8, 4) is 0 Å². The van der Waals surface area contributed by atoms with Gasteiger partial charge in [-0.25, -0.2) is 0 Å². The molecule has 0 aliphatic carbocycles. The standard InChI is InChI=1S/C10H19N3/c1-7-6-9(8(2)11)13(12-7)10(3,4)5/h6,8H,11H2,1-5H3. The van der Waals surface area contributed by atoms with Crippen LogP contribution in [0.25, 0.3) is 0 Å². The predicted octanol–water partition coefficient (Wildman–Crippen LogP) is 1.97. The number of aryl methyl sites for hydroxylation is 1. The van der Waals surface area contributed by atoms with Gasteiger partial charge in [0.2, 0.25) is 0 Å². The number of hydrogen-bond donors (Lipinski definition) is 1. The van der Waals surface area contributed by atoms with Crippen molar-refractivity contribution in [3.63, 3.8) is 0 Å². The molecule has 0 fully saturated rings. The number of aromatic nitrogens is 2. The lowest BCUT2D eigenvalue weighted by Gasteiger charge is -2.23. The zero-order valence-electron chi connectivity index (χ0n) is 9.13. The van der Waals surface area contributed by atoms with E-state index in [0.29, 0.717) is 0 Å². The first-order chi connectivity index (χ1) is 5.82. The molecule has 0 amide bonds. The Balaban J connectivity index is 3.20. The summed E-state index contributed by atoms with van der Waals surface area (Å²) in [5.74, 6) is 0. The van der Waals surface area contributed by atoms with Crippen LogP contribution in [0.5, 0.6) is 0 Å². The first-order valence-electron chi connectivity index (χ1n) is 4.65. The van der Waals surface area contributed by atoms with E-state index in [1.807, 2.05) is 18.5 Å². The lowest BCUT2D eigenvalue weighted by molar-refractivity contribution is 0.336. The SMILES string of the molecule is Cc1cc(C(C)N)n(C(C)(C)C)n1. The maximum atomic E-state index is 5.86. The summed E-state index contributed by atoms with van der Waals surface area (Å²) in [7, 11) is 0. The number of hydrogen-bond acceptors (Lipinski definition) is 2. The van der Waals surface area contributed by atoms with Gasteiger partial charge >= 0.3 is 0 Å². The molecule has 3 nitrogen and oxygen atoms in total. The van der Waals surface area contributed by atoms with Gasteiger partial charge in [0.1, 0.15) is 0 Å². The largest absolute Gasteiger partial charge is 0.323 e. The maximum Gasteiger partial charge on any atom is 0.0597 e. The Kier molecular flexibility index (Phi) is 2.48. The topological polar surface area (TPSA) is 43.8 Å². The molecule has 13 heavy (non-hydrogen) atoms. The van der Waals surface area contributed by atoms with Gasteiger partial charge in [-0.3, -0.25) is 4.68 Å². The monoisotopic (exact) mass is 181 g/mol. The fraction of sp³-hybridized carbons (Fsp3) is 0.700. The normalized spacial score (nSPS) is 14.6. The van der Waals surface area contributed by atoms with Crippen molar-refractivity contribution in [2.24, 2.45) is 5.73 Å². The molecule has 74 valence electrons. The molecule has 0 aromatic carbocycles. The van der Waals surface area contributed by atoms with E-state index in [0.717, 1.165) is 11.4 Å². The van der Waals surface area contributed by atoms with Gasteiger partial charge in [-0.15, -0.1) is 0 Å².